The number of nitrogens with one attached hydrogen (secondary N) is 2. The second kappa shape index (κ2) is 11.2. The number of anilines is 2. The number of carboxylic acids is 1. The molecule has 3 aromatic rings. The summed E-state index contributed by atoms with van der Waals surface area (Å²) in [4.78, 5) is 37.5. The van der Waals surface area contributed by atoms with E-state index in [1.165, 1.54) is 38.1 Å². The first-order chi connectivity index (χ1) is 16.3. The van der Waals surface area contributed by atoms with Gasteiger partial charge in [0.25, 0.3) is 5.91 Å². The van der Waals surface area contributed by atoms with Gasteiger partial charge in [0, 0.05) is 34.5 Å². The average molecular weight is 481 g/mol. The predicted molar refractivity (Wildman–Crippen MR) is 131 cm³/mol. The smallest absolute Gasteiger partial charge is 0.336 e. The third-order valence-corrected chi connectivity index (χ3v) is 5.89. The Hall–Kier alpha value is -3.98. The molecule has 0 saturated heterocycles. The van der Waals surface area contributed by atoms with Crippen LogP contribution in [0, 0.1) is 0 Å². The summed E-state index contributed by atoms with van der Waals surface area (Å²) in [5.41, 5.74) is 1.02. The van der Waals surface area contributed by atoms with Crippen molar-refractivity contribution in [2.45, 2.75) is 17.1 Å². The molecule has 3 N–H and O–H groups in total. The molecule has 0 saturated carbocycles. The zero-order valence-electron chi connectivity index (χ0n) is 18.8. The van der Waals surface area contributed by atoms with Gasteiger partial charge in [-0.05, 0) is 37.3 Å². The molecular weight excluding hydrogens is 456 g/mol. The molecule has 9 heteroatoms. The Morgan fingerprint density at radius 2 is 1.47 bits per heavy atom. The molecule has 176 valence electrons. The van der Waals surface area contributed by atoms with Crippen molar-refractivity contribution in [3.63, 3.8) is 0 Å². The Bertz CT molecular complexity index is 1190. The normalized spacial score (nSPS) is 11.3. The Morgan fingerprint density at radius 1 is 0.824 bits per heavy atom. The van der Waals surface area contributed by atoms with Crippen molar-refractivity contribution in [1.82, 2.24) is 0 Å². The number of ether oxygens (including phenoxy) is 2. The predicted octanol–water partition coefficient (Wildman–Crippen LogP) is 4.77. The van der Waals surface area contributed by atoms with Crippen molar-refractivity contribution >= 4 is 40.9 Å². The number of benzene rings is 3. The third-order valence-electron chi connectivity index (χ3n) is 4.80. The van der Waals surface area contributed by atoms with E-state index >= 15 is 0 Å². The van der Waals surface area contributed by atoms with Crippen LogP contribution in [0.4, 0.5) is 11.4 Å². The van der Waals surface area contributed by atoms with Gasteiger partial charge in [0.1, 0.15) is 11.5 Å². The summed E-state index contributed by atoms with van der Waals surface area (Å²) in [6.45, 7) is 1.77. The number of rotatable bonds is 9. The van der Waals surface area contributed by atoms with E-state index in [1.807, 2.05) is 6.07 Å². The fourth-order valence-corrected chi connectivity index (χ4v) is 4.02. The van der Waals surface area contributed by atoms with E-state index in [-0.39, 0.29) is 17.0 Å². The number of carbonyl (C=O) groups is 3. The minimum atomic E-state index is -1.18. The average Bonchev–Trinajstić information content (AvgIpc) is 2.83. The number of aromatic carboxylic acids is 1. The topological polar surface area (TPSA) is 114 Å². The zero-order valence-corrected chi connectivity index (χ0v) is 19.6. The van der Waals surface area contributed by atoms with Crippen molar-refractivity contribution in [1.29, 1.82) is 0 Å². The number of hydrogen-bond acceptors (Lipinski definition) is 6. The quantitative estimate of drug-likeness (QED) is 0.378. The van der Waals surface area contributed by atoms with Gasteiger partial charge in [0.2, 0.25) is 5.91 Å². The van der Waals surface area contributed by atoms with Crippen LogP contribution in [-0.4, -0.2) is 42.4 Å². The monoisotopic (exact) mass is 480 g/mol. The Morgan fingerprint density at radius 3 is 2.09 bits per heavy atom. The first-order valence-electron chi connectivity index (χ1n) is 10.2. The third kappa shape index (κ3) is 6.29. The highest BCUT2D eigenvalue weighted by atomic mass is 32.2. The summed E-state index contributed by atoms with van der Waals surface area (Å²) in [5, 5.41) is 14.4. The highest BCUT2D eigenvalue weighted by Gasteiger charge is 2.18. The maximum Gasteiger partial charge on any atom is 0.336 e. The van der Waals surface area contributed by atoms with Crippen molar-refractivity contribution < 1.29 is 29.0 Å². The van der Waals surface area contributed by atoms with Crippen LogP contribution >= 0.6 is 11.8 Å². The summed E-state index contributed by atoms with van der Waals surface area (Å²) in [5.74, 6) is -0.808. The van der Waals surface area contributed by atoms with E-state index in [4.69, 9.17) is 9.47 Å². The number of hydrogen-bond donors (Lipinski definition) is 3. The summed E-state index contributed by atoms with van der Waals surface area (Å²) < 4.78 is 10.5. The standard InChI is InChI=1S/C25H24N2O6S/c1-15(23(28)27-17-11-18(32-2)14-19(12-17)33-3)34-20-8-6-7-16(13-20)26-24(29)21-9-4-5-10-22(21)25(30)31/h4-15H,1-3H3,(H,26,29)(H,27,28)(H,30,31). The molecule has 3 aromatic carbocycles. The van der Waals surface area contributed by atoms with Gasteiger partial charge in [0.05, 0.1) is 30.6 Å². The molecule has 0 aliphatic carbocycles. The van der Waals surface area contributed by atoms with Crippen molar-refractivity contribution in [3.8, 4) is 11.5 Å². The first-order valence-corrected chi connectivity index (χ1v) is 11.1. The van der Waals surface area contributed by atoms with Crippen LogP contribution < -0.4 is 20.1 Å². The summed E-state index contributed by atoms with van der Waals surface area (Å²) in [6.07, 6.45) is 0. The molecule has 3 rings (SSSR count). The van der Waals surface area contributed by atoms with Crippen LogP contribution in [0.25, 0.3) is 0 Å². The van der Waals surface area contributed by atoms with Gasteiger partial charge in [-0.2, -0.15) is 0 Å². The van der Waals surface area contributed by atoms with E-state index in [0.717, 1.165) is 4.90 Å². The molecule has 0 aliphatic heterocycles. The molecule has 0 aliphatic rings. The van der Waals surface area contributed by atoms with Crippen LogP contribution in [0.15, 0.2) is 71.6 Å². The number of carboxylic acid groups (broad SMARTS) is 1. The lowest BCUT2D eigenvalue weighted by Crippen LogP contribution is -2.22. The molecule has 8 nitrogen and oxygen atoms in total. The molecule has 1 unspecified atom stereocenters. The number of methoxy groups -OCH3 is 2. The molecular formula is C25H24N2O6S. The fraction of sp³-hybridized carbons (Fsp3) is 0.160. The molecule has 0 bridgehead atoms. The second-order valence-electron chi connectivity index (χ2n) is 7.18. The minimum Gasteiger partial charge on any atom is -0.497 e. The van der Waals surface area contributed by atoms with E-state index in [2.05, 4.69) is 10.6 Å². The van der Waals surface area contributed by atoms with Gasteiger partial charge in [-0.3, -0.25) is 9.59 Å². The lowest BCUT2D eigenvalue weighted by atomic mass is 10.1. The zero-order chi connectivity index (χ0) is 24.7. The van der Waals surface area contributed by atoms with Crippen LogP contribution in [0.2, 0.25) is 0 Å². The second-order valence-corrected chi connectivity index (χ2v) is 8.60. The highest BCUT2D eigenvalue weighted by Crippen LogP contribution is 2.29. The van der Waals surface area contributed by atoms with Crippen molar-refractivity contribution in [3.05, 3.63) is 77.9 Å². The Kier molecular flexibility index (Phi) is 8.15. The Balaban J connectivity index is 1.67. The molecule has 0 spiro atoms. The largest absolute Gasteiger partial charge is 0.497 e. The molecule has 0 radical (unpaired) electrons. The van der Waals surface area contributed by atoms with Gasteiger partial charge in [-0.25, -0.2) is 4.79 Å². The molecule has 0 fully saturated rings. The van der Waals surface area contributed by atoms with Gasteiger partial charge < -0.3 is 25.2 Å². The molecule has 34 heavy (non-hydrogen) atoms. The van der Waals surface area contributed by atoms with Crippen LogP contribution in [-0.2, 0) is 4.79 Å². The van der Waals surface area contributed by atoms with E-state index < -0.39 is 17.1 Å². The lowest BCUT2D eigenvalue weighted by molar-refractivity contribution is -0.115. The van der Waals surface area contributed by atoms with Gasteiger partial charge >= 0.3 is 5.97 Å². The number of thioether (sulfide) groups is 1. The molecule has 2 amide bonds. The maximum absolute atomic E-state index is 12.7. The summed E-state index contributed by atoms with van der Waals surface area (Å²) in [6, 6.07) is 18.1. The van der Waals surface area contributed by atoms with Crippen LogP contribution in [0.1, 0.15) is 27.6 Å². The first kappa shape index (κ1) is 24.7. The number of carbonyl (C=O) groups excluding carboxylic acids is 2. The lowest BCUT2D eigenvalue weighted by Gasteiger charge is -2.14. The van der Waals surface area contributed by atoms with E-state index in [1.54, 1.807) is 55.5 Å². The van der Waals surface area contributed by atoms with Gasteiger partial charge in [-0.15, -0.1) is 11.8 Å². The maximum atomic E-state index is 12.7. The van der Waals surface area contributed by atoms with Gasteiger partial charge in [-0.1, -0.05) is 18.2 Å². The van der Waals surface area contributed by atoms with Gasteiger partial charge in [0.15, 0.2) is 0 Å². The summed E-state index contributed by atoms with van der Waals surface area (Å²) >= 11 is 1.32. The Labute approximate surface area is 201 Å². The fourth-order valence-electron chi connectivity index (χ4n) is 3.09. The molecule has 1 atom stereocenters. The van der Waals surface area contributed by atoms with Crippen LogP contribution in [0.3, 0.4) is 0 Å². The summed E-state index contributed by atoms with van der Waals surface area (Å²) in [7, 11) is 3.07. The SMILES string of the molecule is COc1cc(NC(=O)C(C)Sc2cccc(NC(=O)c3ccccc3C(=O)O)c2)cc(OC)c1. The van der Waals surface area contributed by atoms with E-state index in [9.17, 15) is 19.5 Å². The van der Waals surface area contributed by atoms with E-state index in [0.29, 0.717) is 22.9 Å². The van der Waals surface area contributed by atoms with Crippen LogP contribution in [0.5, 0.6) is 11.5 Å². The van der Waals surface area contributed by atoms with Crippen molar-refractivity contribution in [2.24, 2.45) is 0 Å². The molecule has 0 heterocycles. The highest BCUT2D eigenvalue weighted by molar-refractivity contribution is 8.00. The van der Waals surface area contributed by atoms with Crippen molar-refractivity contribution in [2.75, 3.05) is 24.9 Å². The minimum absolute atomic E-state index is 0.0644. The number of amides is 2. The molecule has 0 aromatic heterocycles.